The van der Waals surface area contributed by atoms with Gasteiger partial charge in [-0.15, -0.1) is 0 Å². The van der Waals surface area contributed by atoms with E-state index in [1.807, 2.05) is 0 Å². The molecule has 4 nitrogen and oxygen atoms in total. The molecule has 0 aromatic carbocycles. The average Bonchev–Trinajstić information content (AvgIpc) is 1.88. The minimum atomic E-state index is -0.702. The summed E-state index contributed by atoms with van der Waals surface area (Å²) in [6.45, 7) is -0.266. The molecule has 0 aliphatic carbocycles. The summed E-state index contributed by atoms with van der Waals surface area (Å²) in [4.78, 5) is 20.8. The van der Waals surface area contributed by atoms with E-state index in [9.17, 15) is 9.59 Å². The van der Waals surface area contributed by atoms with Crippen molar-refractivity contribution in [1.29, 1.82) is 0 Å². The number of thiol groups is 1. The smallest absolute Gasteiger partial charge is 0.327 e. The number of carbonyl (C=O) groups is 2. The van der Waals surface area contributed by atoms with Gasteiger partial charge in [0.1, 0.15) is 0 Å². The zero-order chi connectivity index (χ0) is 7.98. The van der Waals surface area contributed by atoms with Gasteiger partial charge in [-0.2, -0.15) is 12.6 Å². The molecule has 0 rings (SSSR count). The van der Waals surface area contributed by atoms with Crippen LogP contribution in [-0.4, -0.2) is 24.2 Å². The van der Waals surface area contributed by atoms with Gasteiger partial charge in [0.2, 0.25) is 0 Å². The normalized spacial score (nSPS) is 9.00. The highest BCUT2D eigenvalue weighted by molar-refractivity contribution is 7.80. The molecule has 0 aromatic heterocycles. The van der Waals surface area contributed by atoms with E-state index in [0.717, 1.165) is 0 Å². The molecule has 0 bridgehead atoms. The van der Waals surface area contributed by atoms with Crippen molar-refractivity contribution in [3.8, 4) is 0 Å². The van der Waals surface area contributed by atoms with Gasteiger partial charge in [0.05, 0.1) is 13.0 Å². The van der Waals surface area contributed by atoms with E-state index in [4.69, 9.17) is 5.73 Å². The Morgan fingerprint density at radius 1 is 1.40 bits per heavy atom. The van der Waals surface area contributed by atoms with Crippen molar-refractivity contribution < 1.29 is 14.3 Å². The van der Waals surface area contributed by atoms with Gasteiger partial charge in [0, 0.05) is 5.75 Å². The Labute approximate surface area is 64.1 Å². The molecule has 58 valence electrons. The molecule has 0 atom stereocenters. The Morgan fingerprint density at radius 3 is 2.40 bits per heavy atom. The largest absolute Gasteiger partial charge is 0.392 e. The second kappa shape index (κ2) is 5.25. The van der Waals surface area contributed by atoms with E-state index in [-0.39, 0.29) is 13.0 Å². The van der Waals surface area contributed by atoms with Crippen LogP contribution in [0.4, 0.5) is 0 Å². The SMILES string of the molecule is NCC(=O)OC(=O)CCS. The Kier molecular flexibility index (Phi) is 4.96. The summed E-state index contributed by atoms with van der Waals surface area (Å²) < 4.78 is 4.19. The Balaban J connectivity index is 3.47. The highest BCUT2D eigenvalue weighted by Crippen LogP contribution is 1.88. The highest BCUT2D eigenvalue weighted by Gasteiger charge is 2.05. The van der Waals surface area contributed by atoms with Gasteiger partial charge < -0.3 is 10.5 Å². The molecule has 10 heavy (non-hydrogen) atoms. The van der Waals surface area contributed by atoms with Crippen molar-refractivity contribution in [2.45, 2.75) is 6.42 Å². The van der Waals surface area contributed by atoms with Crippen LogP contribution in [0.1, 0.15) is 6.42 Å². The van der Waals surface area contributed by atoms with Crippen molar-refractivity contribution in [1.82, 2.24) is 0 Å². The van der Waals surface area contributed by atoms with Crippen LogP contribution < -0.4 is 5.73 Å². The first kappa shape index (κ1) is 9.45. The lowest BCUT2D eigenvalue weighted by Gasteiger charge is -1.97. The number of esters is 2. The average molecular weight is 163 g/mol. The van der Waals surface area contributed by atoms with Crippen LogP contribution in [0.3, 0.4) is 0 Å². The minimum absolute atomic E-state index is 0.134. The molecule has 5 heteroatoms. The van der Waals surface area contributed by atoms with Crippen LogP contribution in [0.5, 0.6) is 0 Å². The van der Waals surface area contributed by atoms with Gasteiger partial charge in [-0.1, -0.05) is 0 Å². The Bertz CT molecular complexity index is 137. The molecule has 0 radical (unpaired) electrons. The zero-order valence-electron chi connectivity index (χ0n) is 5.37. The van der Waals surface area contributed by atoms with Gasteiger partial charge >= 0.3 is 11.9 Å². The number of rotatable bonds is 3. The van der Waals surface area contributed by atoms with E-state index in [2.05, 4.69) is 17.4 Å². The fourth-order valence-electron chi connectivity index (χ4n) is 0.311. The number of nitrogens with two attached hydrogens (primary N) is 1. The van der Waals surface area contributed by atoms with Crippen molar-refractivity contribution >= 4 is 24.6 Å². The lowest BCUT2D eigenvalue weighted by atomic mass is 10.5. The van der Waals surface area contributed by atoms with Gasteiger partial charge in [-0.3, -0.25) is 9.59 Å². The van der Waals surface area contributed by atoms with E-state index in [1.165, 1.54) is 0 Å². The number of carbonyl (C=O) groups excluding carboxylic acids is 2. The predicted molar refractivity (Wildman–Crippen MR) is 38.6 cm³/mol. The van der Waals surface area contributed by atoms with Crippen molar-refractivity contribution in [2.75, 3.05) is 12.3 Å². The van der Waals surface area contributed by atoms with E-state index in [0.29, 0.717) is 5.75 Å². The zero-order valence-corrected chi connectivity index (χ0v) is 6.27. The molecular weight excluding hydrogens is 154 g/mol. The third-order valence-electron chi connectivity index (χ3n) is 0.710. The van der Waals surface area contributed by atoms with Crippen LogP contribution in [0.25, 0.3) is 0 Å². The van der Waals surface area contributed by atoms with Crippen LogP contribution in [0, 0.1) is 0 Å². The monoisotopic (exact) mass is 163 g/mol. The third kappa shape index (κ3) is 4.34. The second-order valence-electron chi connectivity index (χ2n) is 1.52. The maximum absolute atomic E-state index is 10.5. The van der Waals surface area contributed by atoms with Crippen molar-refractivity contribution in [3.05, 3.63) is 0 Å². The molecular formula is C5H9NO3S. The van der Waals surface area contributed by atoms with Crippen LogP contribution in [0.2, 0.25) is 0 Å². The van der Waals surface area contributed by atoms with Crippen LogP contribution in [-0.2, 0) is 14.3 Å². The van der Waals surface area contributed by atoms with E-state index in [1.54, 1.807) is 0 Å². The Hall–Kier alpha value is -0.550. The number of ether oxygens (including phenoxy) is 1. The third-order valence-corrected chi connectivity index (χ3v) is 0.934. The highest BCUT2D eigenvalue weighted by atomic mass is 32.1. The van der Waals surface area contributed by atoms with Gasteiger partial charge in [-0.05, 0) is 0 Å². The minimum Gasteiger partial charge on any atom is -0.392 e. The molecule has 0 aliphatic rings. The molecule has 0 spiro atoms. The first-order valence-corrected chi connectivity index (χ1v) is 3.38. The van der Waals surface area contributed by atoms with Crippen LogP contribution in [0.15, 0.2) is 0 Å². The quantitative estimate of drug-likeness (QED) is 0.329. The Morgan fingerprint density at radius 2 is 2.00 bits per heavy atom. The van der Waals surface area contributed by atoms with Crippen LogP contribution >= 0.6 is 12.6 Å². The summed E-state index contributed by atoms with van der Waals surface area (Å²) in [7, 11) is 0. The molecule has 0 aliphatic heterocycles. The number of hydrogen-bond acceptors (Lipinski definition) is 5. The van der Waals surface area contributed by atoms with E-state index < -0.39 is 11.9 Å². The summed E-state index contributed by atoms with van der Waals surface area (Å²) >= 11 is 3.77. The molecule has 0 fully saturated rings. The maximum atomic E-state index is 10.5. The second-order valence-corrected chi connectivity index (χ2v) is 1.97. The predicted octanol–water partition coefficient (Wildman–Crippen LogP) is -0.665. The standard InChI is InChI=1S/C5H9NO3S/c6-3-5(8)9-4(7)1-2-10/h10H,1-3,6H2. The number of hydrogen-bond donors (Lipinski definition) is 2. The maximum Gasteiger partial charge on any atom is 0.327 e. The molecule has 0 saturated carbocycles. The molecule has 0 saturated heterocycles. The molecule has 2 N–H and O–H groups in total. The van der Waals surface area contributed by atoms with Gasteiger partial charge in [0.15, 0.2) is 0 Å². The van der Waals surface area contributed by atoms with Crippen molar-refractivity contribution in [3.63, 3.8) is 0 Å². The lowest BCUT2D eigenvalue weighted by molar-refractivity contribution is -0.158. The van der Waals surface area contributed by atoms with E-state index >= 15 is 0 Å². The lowest BCUT2D eigenvalue weighted by Crippen LogP contribution is -2.20. The summed E-state index contributed by atoms with van der Waals surface area (Å²) in [5, 5.41) is 0. The van der Waals surface area contributed by atoms with Gasteiger partial charge in [0.25, 0.3) is 0 Å². The summed E-state index contributed by atoms with van der Waals surface area (Å²) in [6, 6.07) is 0. The fourth-order valence-corrected chi connectivity index (χ4v) is 0.494. The summed E-state index contributed by atoms with van der Waals surface area (Å²) in [5.41, 5.74) is 4.87. The summed E-state index contributed by atoms with van der Waals surface area (Å²) in [5.74, 6) is -0.909. The first-order valence-electron chi connectivity index (χ1n) is 2.75. The molecule has 0 amide bonds. The molecule has 0 unspecified atom stereocenters. The van der Waals surface area contributed by atoms with Gasteiger partial charge in [-0.25, -0.2) is 0 Å². The fraction of sp³-hybridized carbons (Fsp3) is 0.600. The van der Waals surface area contributed by atoms with Crippen molar-refractivity contribution in [2.24, 2.45) is 5.73 Å². The molecule has 0 aromatic rings. The molecule has 0 heterocycles. The topological polar surface area (TPSA) is 69.4 Å². The first-order chi connectivity index (χ1) is 4.70. The summed E-state index contributed by atoms with van der Waals surface area (Å²) in [6.07, 6.45) is 0.134.